The molecule has 0 atom stereocenters. The van der Waals surface area contributed by atoms with Crippen molar-refractivity contribution in [2.75, 3.05) is 0 Å². The predicted molar refractivity (Wildman–Crippen MR) is 84.6 cm³/mol. The van der Waals surface area contributed by atoms with Crippen molar-refractivity contribution in [3.63, 3.8) is 0 Å². The lowest BCUT2D eigenvalue weighted by atomic mass is 9.87. The minimum atomic E-state index is -1.94. The third-order valence-electron chi connectivity index (χ3n) is 3.34. The van der Waals surface area contributed by atoms with Crippen LogP contribution in [0.25, 0.3) is 0 Å². The van der Waals surface area contributed by atoms with Gasteiger partial charge < -0.3 is 10.2 Å². The van der Waals surface area contributed by atoms with Gasteiger partial charge in [0.15, 0.2) is 0 Å². The molecule has 0 spiro atoms. The maximum Gasteiger partial charge on any atom is 0.327 e. The third kappa shape index (κ3) is 5.86. The monoisotopic (exact) mass is 406 g/mol. The van der Waals surface area contributed by atoms with Crippen molar-refractivity contribution in [3.8, 4) is 0 Å². The first-order chi connectivity index (χ1) is 13.0. The number of aliphatic carboxylic acids is 2. The van der Waals surface area contributed by atoms with Crippen LogP contribution in [0.2, 0.25) is 0 Å². The van der Waals surface area contributed by atoms with Crippen molar-refractivity contribution in [2.24, 2.45) is 0 Å². The van der Waals surface area contributed by atoms with Crippen molar-refractivity contribution in [1.82, 2.24) is 0 Å². The van der Waals surface area contributed by atoms with E-state index in [-0.39, 0.29) is 24.3 Å². The summed E-state index contributed by atoms with van der Waals surface area (Å²) in [5.74, 6) is -13.1. The molecule has 10 heteroatoms. The molecule has 0 aliphatic heterocycles. The van der Waals surface area contributed by atoms with Gasteiger partial charge in [-0.25, -0.2) is 31.1 Å². The van der Waals surface area contributed by atoms with E-state index in [1.165, 1.54) is 0 Å². The molecule has 0 bridgehead atoms. The molecule has 0 aliphatic carbocycles. The summed E-state index contributed by atoms with van der Waals surface area (Å²) in [6, 6.07) is 1.03. The van der Waals surface area contributed by atoms with Crippen molar-refractivity contribution in [3.05, 3.63) is 83.0 Å². The summed E-state index contributed by atoms with van der Waals surface area (Å²) in [6.45, 7) is 2.96. The molecule has 0 saturated heterocycles. The standard InChI is InChI=1S/C15H8F6O2.C3H4O2/c16-6-1-9(18)14(10(19)2-6)8(5-13(22)23)15-11(20)3-7(17)4-12(15)21;1-2-3(4)5/h1-4,8H,5H2,(H,22,23);2H,1H2,(H,4,5). The quantitative estimate of drug-likeness (QED) is 0.571. The molecule has 0 heterocycles. The highest BCUT2D eigenvalue weighted by Crippen LogP contribution is 2.35. The zero-order chi connectivity index (χ0) is 21.6. The van der Waals surface area contributed by atoms with Crippen LogP contribution in [0.5, 0.6) is 0 Å². The normalized spacial score (nSPS) is 10.2. The smallest absolute Gasteiger partial charge is 0.327 e. The Morgan fingerprint density at radius 3 is 1.32 bits per heavy atom. The maximum absolute atomic E-state index is 13.8. The van der Waals surface area contributed by atoms with Gasteiger partial charge in [0.1, 0.15) is 34.9 Å². The van der Waals surface area contributed by atoms with Crippen molar-refractivity contribution in [1.29, 1.82) is 0 Å². The van der Waals surface area contributed by atoms with E-state index in [2.05, 4.69) is 6.58 Å². The fraction of sp³-hybridized carbons (Fsp3) is 0.111. The number of carboxylic acids is 2. The highest BCUT2D eigenvalue weighted by Gasteiger charge is 2.30. The van der Waals surface area contributed by atoms with E-state index in [0.29, 0.717) is 0 Å². The zero-order valence-corrected chi connectivity index (χ0v) is 13.9. The molecule has 2 rings (SSSR count). The van der Waals surface area contributed by atoms with Gasteiger partial charge in [0.05, 0.1) is 6.42 Å². The van der Waals surface area contributed by atoms with Gasteiger partial charge in [-0.2, -0.15) is 0 Å². The first-order valence-corrected chi connectivity index (χ1v) is 7.33. The molecular weight excluding hydrogens is 394 g/mol. The summed E-state index contributed by atoms with van der Waals surface area (Å²) in [4.78, 5) is 20.1. The van der Waals surface area contributed by atoms with Gasteiger partial charge in [0.25, 0.3) is 0 Å². The molecule has 0 unspecified atom stereocenters. The highest BCUT2D eigenvalue weighted by molar-refractivity contribution is 5.78. The first-order valence-electron chi connectivity index (χ1n) is 7.33. The van der Waals surface area contributed by atoms with E-state index in [1.54, 1.807) is 0 Å². The van der Waals surface area contributed by atoms with Crippen molar-refractivity contribution >= 4 is 11.9 Å². The number of hydrogen-bond donors (Lipinski definition) is 2. The summed E-state index contributed by atoms with van der Waals surface area (Å²) in [7, 11) is 0. The number of benzene rings is 2. The lowest BCUT2D eigenvalue weighted by molar-refractivity contribution is -0.137. The highest BCUT2D eigenvalue weighted by atomic mass is 19.2. The van der Waals surface area contributed by atoms with Gasteiger partial charge in [-0.1, -0.05) is 6.58 Å². The molecule has 2 aromatic rings. The Morgan fingerprint density at radius 2 is 1.11 bits per heavy atom. The summed E-state index contributed by atoms with van der Waals surface area (Å²) in [5, 5.41) is 16.4. The Bertz CT molecular complexity index is 809. The Kier molecular flexibility index (Phi) is 7.78. The van der Waals surface area contributed by atoms with Crippen LogP contribution >= 0.6 is 0 Å². The Balaban J connectivity index is 0.000000696. The molecule has 0 aliphatic rings. The molecule has 28 heavy (non-hydrogen) atoms. The number of carbonyl (C=O) groups is 2. The topological polar surface area (TPSA) is 74.6 Å². The molecule has 0 radical (unpaired) electrons. The number of carboxylic acid groups (broad SMARTS) is 2. The summed E-state index contributed by atoms with van der Waals surface area (Å²) < 4.78 is 81.3. The molecule has 0 saturated carbocycles. The van der Waals surface area contributed by atoms with Gasteiger partial charge >= 0.3 is 11.9 Å². The van der Waals surface area contributed by atoms with Crippen LogP contribution in [0.1, 0.15) is 23.5 Å². The second-order valence-electron chi connectivity index (χ2n) is 5.26. The van der Waals surface area contributed by atoms with Crippen LogP contribution in [0.3, 0.4) is 0 Å². The summed E-state index contributed by atoms with van der Waals surface area (Å²) in [5.41, 5.74) is -2.03. The Labute approximate surface area is 154 Å². The molecule has 0 fully saturated rings. The van der Waals surface area contributed by atoms with Crippen LogP contribution in [-0.4, -0.2) is 22.2 Å². The van der Waals surface area contributed by atoms with Gasteiger partial charge in [-0.15, -0.1) is 0 Å². The van der Waals surface area contributed by atoms with Crippen LogP contribution in [0, 0.1) is 34.9 Å². The SMILES string of the molecule is C=CC(=O)O.O=C(O)CC(c1c(F)cc(F)cc1F)c1c(F)cc(F)cc1F. The average Bonchev–Trinajstić information content (AvgIpc) is 2.52. The fourth-order valence-corrected chi connectivity index (χ4v) is 2.30. The summed E-state index contributed by atoms with van der Waals surface area (Å²) >= 11 is 0. The van der Waals surface area contributed by atoms with E-state index >= 15 is 0 Å². The Morgan fingerprint density at radius 1 is 0.821 bits per heavy atom. The van der Waals surface area contributed by atoms with Crippen LogP contribution < -0.4 is 0 Å². The van der Waals surface area contributed by atoms with E-state index in [1.807, 2.05) is 0 Å². The van der Waals surface area contributed by atoms with Crippen LogP contribution in [-0.2, 0) is 9.59 Å². The second kappa shape index (κ2) is 9.58. The largest absolute Gasteiger partial charge is 0.481 e. The lowest BCUT2D eigenvalue weighted by Crippen LogP contribution is -2.15. The first kappa shape index (κ1) is 22.7. The molecular formula is C18H12F6O4. The number of rotatable bonds is 5. The van der Waals surface area contributed by atoms with E-state index < -0.39 is 70.3 Å². The third-order valence-corrected chi connectivity index (χ3v) is 3.34. The van der Waals surface area contributed by atoms with Gasteiger partial charge in [-0.05, 0) is 0 Å². The molecule has 0 amide bonds. The van der Waals surface area contributed by atoms with Gasteiger partial charge in [0.2, 0.25) is 0 Å². The van der Waals surface area contributed by atoms with E-state index in [9.17, 15) is 35.9 Å². The lowest BCUT2D eigenvalue weighted by Gasteiger charge is -2.19. The van der Waals surface area contributed by atoms with Crippen LogP contribution in [0.4, 0.5) is 26.3 Å². The van der Waals surface area contributed by atoms with E-state index in [0.717, 1.165) is 6.08 Å². The Hall–Kier alpha value is -3.30. The van der Waals surface area contributed by atoms with Gasteiger partial charge in [0, 0.05) is 47.4 Å². The molecule has 2 aromatic carbocycles. The van der Waals surface area contributed by atoms with Gasteiger partial charge in [-0.3, -0.25) is 4.79 Å². The molecule has 4 nitrogen and oxygen atoms in total. The average molecular weight is 406 g/mol. The minimum absolute atomic E-state index is 0.257. The predicted octanol–water partition coefficient (Wildman–Crippen LogP) is 4.38. The molecule has 2 N–H and O–H groups in total. The van der Waals surface area contributed by atoms with Crippen molar-refractivity contribution in [2.45, 2.75) is 12.3 Å². The number of halogens is 6. The number of hydrogen-bond acceptors (Lipinski definition) is 2. The van der Waals surface area contributed by atoms with Crippen molar-refractivity contribution < 1.29 is 46.1 Å². The van der Waals surface area contributed by atoms with E-state index in [4.69, 9.17) is 10.2 Å². The fourth-order valence-electron chi connectivity index (χ4n) is 2.30. The van der Waals surface area contributed by atoms with Crippen LogP contribution in [0.15, 0.2) is 36.9 Å². The second-order valence-corrected chi connectivity index (χ2v) is 5.26. The molecule has 0 aromatic heterocycles. The molecule has 150 valence electrons. The minimum Gasteiger partial charge on any atom is -0.481 e. The summed E-state index contributed by atoms with van der Waals surface area (Å²) in [6.07, 6.45) is -0.251. The zero-order valence-electron chi connectivity index (χ0n) is 13.9. The maximum atomic E-state index is 13.8.